The van der Waals surface area contributed by atoms with Crippen LogP contribution in [-0.2, 0) is 4.79 Å². The Balaban J connectivity index is 1.95. The quantitative estimate of drug-likeness (QED) is 0.748. The minimum atomic E-state index is 0.165. The van der Waals surface area contributed by atoms with Crippen LogP contribution in [0.1, 0.15) is 50.2 Å². The Morgan fingerprint density at radius 2 is 1.39 bits per heavy atom. The van der Waals surface area contributed by atoms with Crippen molar-refractivity contribution in [2.45, 2.75) is 39.0 Å². The van der Waals surface area contributed by atoms with Gasteiger partial charge in [0.1, 0.15) is 0 Å². The van der Waals surface area contributed by atoms with Crippen LogP contribution in [0.4, 0.5) is 0 Å². The van der Waals surface area contributed by atoms with Crippen LogP contribution in [-0.4, -0.2) is 12.5 Å². The molecule has 0 heterocycles. The highest BCUT2D eigenvalue weighted by Crippen LogP contribution is 2.27. The number of hydrogen-bond donors (Lipinski definition) is 1. The zero-order valence-corrected chi connectivity index (χ0v) is 14.2. The number of hydrogen-bond acceptors (Lipinski definition) is 1. The topological polar surface area (TPSA) is 29.1 Å². The summed E-state index contributed by atoms with van der Waals surface area (Å²) in [6.07, 6.45) is 2.49. The lowest BCUT2D eigenvalue weighted by Crippen LogP contribution is -2.25. The van der Waals surface area contributed by atoms with Crippen LogP contribution in [0, 0.1) is 5.92 Å². The standard InChI is InChI=1S/C21H27NO/c1-17(2)13-14-21(23)22-16-15-20(18-9-5-3-6-10-18)19-11-7-4-8-12-19/h3-12,17,20H,13-16H2,1-2H3,(H,22,23). The summed E-state index contributed by atoms with van der Waals surface area (Å²) in [5, 5.41) is 3.07. The summed E-state index contributed by atoms with van der Waals surface area (Å²) in [4.78, 5) is 11.9. The SMILES string of the molecule is CC(C)CCC(=O)NCCC(c1ccccc1)c1ccccc1. The largest absolute Gasteiger partial charge is 0.356 e. The molecule has 0 aromatic heterocycles. The second-order valence-electron chi connectivity index (χ2n) is 6.45. The molecule has 0 unspecified atom stereocenters. The van der Waals surface area contributed by atoms with E-state index in [0.717, 1.165) is 12.8 Å². The second-order valence-corrected chi connectivity index (χ2v) is 6.45. The summed E-state index contributed by atoms with van der Waals surface area (Å²) in [5.41, 5.74) is 2.60. The zero-order valence-electron chi connectivity index (χ0n) is 14.2. The number of benzene rings is 2. The summed E-state index contributed by atoms with van der Waals surface area (Å²) >= 11 is 0. The van der Waals surface area contributed by atoms with E-state index >= 15 is 0 Å². The van der Waals surface area contributed by atoms with Crippen LogP contribution in [0.15, 0.2) is 60.7 Å². The molecular formula is C21H27NO. The van der Waals surface area contributed by atoms with Gasteiger partial charge in [-0.1, -0.05) is 74.5 Å². The molecule has 0 bridgehead atoms. The van der Waals surface area contributed by atoms with E-state index in [4.69, 9.17) is 0 Å². The molecule has 2 nitrogen and oxygen atoms in total. The van der Waals surface area contributed by atoms with Gasteiger partial charge in [0.05, 0.1) is 0 Å². The molecule has 0 saturated carbocycles. The van der Waals surface area contributed by atoms with Gasteiger partial charge in [-0.25, -0.2) is 0 Å². The lowest BCUT2D eigenvalue weighted by Gasteiger charge is -2.18. The maximum Gasteiger partial charge on any atom is 0.220 e. The molecule has 1 N–H and O–H groups in total. The lowest BCUT2D eigenvalue weighted by molar-refractivity contribution is -0.121. The Kier molecular flexibility index (Phi) is 6.86. The van der Waals surface area contributed by atoms with E-state index < -0.39 is 0 Å². The highest BCUT2D eigenvalue weighted by molar-refractivity contribution is 5.75. The van der Waals surface area contributed by atoms with Crippen LogP contribution in [0.5, 0.6) is 0 Å². The third-order valence-electron chi connectivity index (χ3n) is 4.11. The molecule has 0 saturated heterocycles. The molecule has 23 heavy (non-hydrogen) atoms. The van der Waals surface area contributed by atoms with Gasteiger partial charge in [0.2, 0.25) is 5.91 Å². The highest BCUT2D eigenvalue weighted by atomic mass is 16.1. The molecule has 2 heteroatoms. The van der Waals surface area contributed by atoms with Gasteiger partial charge >= 0.3 is 0 Å². The minimum Gasteiger partial charge on any atom is -0.356 e. The molecule has 0 aliphatic carbocycles. The first-order chi connectivity index (χ1) is 11.2. The molecule has 0 spiro atoms. The van der Waals surface area contributed by atoms with Crippen molar-refractivity contribution in [1.29, 1.82) is 0 Å². The molecule has 1 amide bonds. The molecule has 0 aliphatic rings. The molecule has 0 radical (unpaired) electrons. The van der Waals surface area contributed by atoms with Gasteiger partial charge in [0.15, 0.2) is 0 Å². The van der Waals surface area contributed by atoms with Crippen molar-refractivity contribution >= 4 is 5.91 Å². The molecule has 122 valence electrons. The number of rotatable bonds is 8. The summed E-state index contributed by atoms with van der Waals surface area (Å²) in [7, 11) is 0. The Morgan fingerprint density at radius 3 is 1.87 bits per heavy atom. The van der Waals surface area contributed by atoms with E-state index in [9.17, 15) is 4.79 Å². The molecule has 2 rings (SSSR count). The number of nitrogens with one attached hydrogen (secondary N) is 1. The molecule has 2 aromatic carbocycles. The first-order valence-corrected chi connectivity index (χ1v) is 8.53. The van der Waals surface area contributed by atoms with Gasteiger partial charge in [0.25, 0.3) is 0 Å². The summed E-state index contributed by atoms with van der Waals surface area (Å²) in [6.45, 7) is 5.01. The fourth-order valence-electron chi connectivity index (χ4n) is 2.76. The van der Waals surface area contributed by atoms with E-state index in [1.165, 1.54) is 11.1 Å². The van der Waals surface area contributed by atoms with Crippen molar-refractivity contribution in [2.24, 2.45) is 5.92 Å². The smallest absolute Gasteiger partial charge is 0.220 e. The van der Waals surface area contributed by atoms with Crippen molar-refractivity contribution in [3.63, 3.8) is 0 Å². The van der Waals surface area contributed by atoms with Crippen LogP contribution in [0.25, 0.3) is 0 Å². The maximum atomic E-state index is 11.9. The molecule has 2 aromatic rings. The lowest BCUT2D eigenvalue weighted by atomic mass is 9.88. The summed E-state index contributed by atoms with van der Waals surface area (Å²) in [5.74, 6) is 1.06. The van der Waals surface area contributed by atoms with Crippen molar-refractivity contribution in [3.05, 3.63) is 71.8 Å². The monoisotopic (exact) mass is 309 g/mol. The van der Waals surface area contributed by atoms with Crippen molar-refractivity contribution in [1.82, 2.24) is 5.32 Å². The Morgan fingerprint density at radius 1 is 0.870 bits per heavy atom. The van der Waals surface area contributed by atoms with Crippen molar-refractivity contribution < 1.29 is 4.79 Å². The van der Waals surface area contributed by atoms with E-state index in [2.05, 4.69) is 67.7 Å². The molecular weight excluding hydrogens is 282 g/mol. The Hall–Kier alpha value is -2.09. The van der Waals surface area contributed by atoms with Gasteiger partial charge in [0, 0.05) is 18.9 Å². The van der Waals surface area contributed by atoms with Crippen LogP contribution in [0.3, 0.4) is 0 Å². The fraction of sp³-hybridized carbons (Fsp3) is 0.381. The third-order valence-corrected chi connectivity index (χ3v) is 4.11. The summed E-state index contributed by atoms with van der Waals surface area (Å²) < 4.78 is 0. The molecule has 0 atom stereocenters. The van der Waals surface area contributed by atoms with Crippen LogP contribution < -0.4 is 5.32 Å². The molecule has 0 fully saturated rings. The van der Waals surface area contributed by atoms with Crippen LogP contribution in [0.2, 0.25) is 0 Å². The predicted octanol–water partition coefficient (Wildman–Crippen LogP) is 4.76. The average molecular weight is 309 g/mol. The Labute approximate surface area is 139 Å². The number of carbonyl (C=O) groups is 1. The normalized spacial score (nSPS) is 11.0. The number of carbonyl (C=O) groups excluding carboxylic acids is 1. The van der Waals surface area contributed by atoms with Gasteiger partial charge in [-0.05, 0) is 29.9 Å². The second kappa shape index (κ2) is 9.14. The van der Waals surface area contributed by atoms with Crippen molar-refractivity contribution in [2.75, 3.05) is 6.54 Å². The fourth-order valence-corrected chi connectivity index (χ4v) is 2.76. The summed E-state index contributed by atoms with van der Waals surface area (Å²) in [6, 6.07) is 21.0. The van der Waals surface area contributed by atoms with Gasteiger partial charge in [-0.15, -0.1) is 0 Å². The van der Waals surface area contributed by atoms with Gasteiger partial charge in [-0.3, -0.25) is 4.79 Å². The van der Waals surface area contributed by atoms with E-state index in [1.807, 2.05) is 12.1 Å². The average Bonchev–Trinajstić information content (AvgIpc) is 2.58. The number of amides is 1. The van der Waals surface area contributed by atoms with Gasteiger partial charge < -0.3 is 5.32 Å². The highest BCUT2D eigenvalue weighted by Gasteiger charge is 2.14. The minimum absolute atomic E-state index is 0.165. The first kappa shape index (κ1) is 17.3. The third kappa shape index (κ3) is 5.90. The van der Waals surface area contributed by atoms with E-state index in [-0.39, 0.29) is 5.91 Å². The Bertz CT molecular complexity index is 538. The van der Waals surface area contributed by atoms with E-state index in [0.29, 0.717) is 24.8 Å². The van der Waals surface area contributed by atoms with E-state index in [1.54, 1.807) is 0 Å². The first-order valence-electron chi connectivity index (χ1n) is 8.53. The zero-order chi connectivity index (χ0) is 16.5. The van der Waals surface area contributed by atoms with Crippen molar-refractivity contribution in [3.8, 4) is 0 Å². The maximum absolute atomic E-state index is 11.9. The van der Waals surface area contributed by atoms with Crippen LogP contribution >= 0.6 is 0 Å². The predicted molar refractivity (Wildman–Crippen MR) is 96.4 cm³/mol. The molecule has 0 aliphatic heterocycles. The van der Waals surface area contributed by atoms with Gasteiger partial charge in [-0.2, -0.15) is 0 Å².